The highest BCUT2D eigenvalue weighted by atomic mass is 28.4. The molecule has 5 rings (SSSR count). The van der Waals surface area contributed by atoms with E-state index in [9.17, 15) is 9.90 Å². The number of esters is 1. The van der Waals surface area contributed by atoms with Gasteiger partial charge in [0.05, 0.1) is 32.5 Å². The molecule has 3 atom stereocenters. The Bertz CT molecular complexity index is 1890. The van der Waals surface area contributed by atoms with Crippen LogP contribution < -0.4 is 19.5 Å². The maximum atomic E-state index is 14.4. The average Bonchev–Trinajstić information content (AvgIpc) is 3.15. The van der Waals surface area contributed by atoms with Gasteiger partial charge in [-0.1, -0.05) is 151 Å². The first-order valence-electron chi connectivity index (χ1n) is 19.6. The maximum Gasteiger partial charge on any atom is 0.342 e. The summed E-state index contributed by atoms with van der Waals surface area (Å²) in [5.41, 5.74) is 2.04. The minimum Gasteiger partial charge on any atom is -0.543 e. The molecule has 298 valence electrons. The summed E-state index contributed by atoms with van der Waals surface area (Å²) in [4.78, 5) is 14.4. The topological polar surface area (TPSA) is 83.5 Å². The molecule has 4 aromatic rings. The van der Waals surface area contributed by atoms with Gasteiger partial charge < -0.3 is 28.2 Å². The number of fused-ring (bicyclic) bond motifs is 1. The number of hydrogen-bond acceptors (Lipinski definition) is 7. The van der Waals surface area contributed by atoms with Crippen LogP contribution in [0.25, 0.3) is 6.08 Å². The molecule has 7 nitrogen and oxygen atoms in total. The molecular formula is C47H60O7Si2. The van der Waals surface area contributed by atoms with E-state index in [0.717, 1.165) is 21.7 Å². The Morgan fingerprint density at radius 3 is 1.96 bits per heavy atom. The first-order valence-corrected chi connectivity index (χ1v) is 24.4. The second kappa shape index (κ2) is 18.3. The molecule has 1 aliphatic rings. The third kappa shape index (κ3) is 10.4. The SMILES string of the molecule is COc1ccc(COCC[C@H]2C[C@@H](O)/C=C\[C@@H](O[Si](c3ccccc3)(c3ccccc3)C(C)(C)C)/C=C/c3cccc(O[Si](C)(C)C(C)(C)C)c3C(=O)O2)cc1. The molecule has 56 heavy (non-hydrogen) atoms. The molecule has 0 amide bonds. The zero-order chi connectivity index (χ0) is 40.6. The summed E-state index contributed by atoms with van der Waals surface area (Å²) in [7, 11) is -3.73. The van der Waals surface area contributed by atoms with Gasteiger partial charge in [0.15, 0.2) is 0 Å². The number of aliphatic hydroxyl groups is 1. The van der Waals surface area contributed by atoms with Crippen LogP contribution in [-0.4, -0.2) is 59.7 Å². The average molecular weight is 793 g/mol. The maximum absolute atomic E-state index is 14.4. The molecule has 0 aromatic heterocycles. The summed E-state index contributed by atoms with van der Waals surface area (Å²) in [5.74, 6) is 0.776. The number of carbonyl (C=O) groups excluding carboxylic acids is 1. The minimum atomic E-state index is -3.01. The Morgan fingerprint density at radius 2 is 1.39 bits per heavy atom. The van der Waals surface area contributed by atoms with E-state index in [1.807, 2.05) is 72.8 Å². The van der Waals surface area contributed by atoms with Gasteiger partial charge in [0, 0.05) is 12.8 Å². The van der Waals surface area contributed by atoms with Crippen molar-refractivity contribution in [2.45, 2.75) is 102 Å². The van der Waals surface area contributed by atoms with Crippen LogP contribution in [-0.2, 0) is 20.5 Å². The molecule has 0 fully saturated rings. The second-order valence-electron chi connectivity index (χ2n) is 17.1. The van der Waals surface area contributed by atoms with Gasteiger partial charge in [-0.3, -0.25) is 0 Å². The Labute approximate surface area is 336 Å². The number of benzene rings is 4. The van der Waals surface area contributed by atoms with Crippen LogP contribution in [0.5, 0.6) is 11.5 Å². The fourth-order valence-corrected chi connectivity index (χ4v) is 12.4. The number of hydrogen-bond donors (Lipinski definition) is 1. The van der Waals surface area contributed by atoms with Crippen LogP contribution in [0.4, 0.5) is 0 Å². The number of cyclic esters (lactones) is 1. The Kier molecular flexibility index (Phi) is 14.0. The monoisotopic (exact) mass is 792 g/mol. The second-order valence-corrected chi connectivity index (χ2v) is 26.1. The molecule has 0 radical (unpaired) electrons. The van der Waals surface area contributed by atoms with Crippen molar-refractivity contribution in [2.75, 3.05) is 13.7 Å². The largest absolute Gasteiger partial charge is 0.543 e. The van der Waals surface area contributed by atoms with Gasteiger partial charge in [-0.05, 0) is 62.9 Å². The molecule has 0 bridgehead atoms. The van der Waals surface area contributed by atoms with Gasteiger partial charge >= 0.3 is 5.97 Å². The van der Waals surface area contributed by atoms with Crippen molar-refractivity contribution in [3.05, 3.63) is 138 Å². The highest BCUT2D eigenvalue weighted by Crippen LogP contribution is 2.40. The van der Waals surface area contributed by atoms with E-state index >= 15 is 0 Å². The minimum absolute atomic E-state index is 0.103. The fraction of sp³-hybridized carbons (Fsp3) is 0.383. The quantitative estimate of drug-likeness (QED) is 0.0663. The van der Waals surface area contributed by atoms with Crippen LogP contribution in [0.2, 0.25) is 23.2 Å². The number of ether oxygens (including phenoxy) is 3. The fourth-order valence-electron chi connectivity index (χ4n) is 6.80. The van der Waals surface area contributed by atoms with Crippen molar-refractivity contribution in [1.82, 2.24) is 0 Å². The van der Waals surface area contributed by atoms with Crippen LogP contribution >= 0.6 is 0 Å². The first kappa shape index (κ1) is 42.9. The molecule has 1 N–H and O–H groups in total. The lowest BCUT2D eigenvalue weighted by molar-refractivity contribution is 0.00484. The van der Waals surface area contributed by atoms with E-state index in [-0.39, 0.29) is 16.5 Å². The number of methoxy groups -OCH3 is 1. The van der Waals surface area contributed by atoms with Gasteiger partial charge in [-0.25, -0.2) is 4.79 Å². The zero-order valence-corrected chi connectivity index (χ0v) is 36.6. The standard InChI is InChI=1S/C47H60O7Si2/c1-46(2,3)55(8,9)54-43-22-16-17-36-25-29-39(53-56(47(4,5)6,41-18-12-10-13-19-41)42-20-14-11-15-21-42)30-26-37(48)33-40(52-45(49)44(36)43)31-32-51-34-35-23-27-38(50-7)28-24-35/h10-30,37,39-40,48H,31-34H2,1-9H3/b29-25+,30-26-/t37-,39-,40-/m0/s1. The number of rotatable bonds is 12. The third-order valence-corrected chi connectivity index (χ3v) is 20.3. The molecule has 0 aliphatic carbocycles. The van der Waals surface area contributed by atoms with Crippen molar-refractivity contribution >= 4 is 39.1 Å². The molecular weight excluding hydrogens is 733 g/mol. The van der Waals surface area contributed by atoms with Crippen LogP contribution in [0.3, 0.4) is 0 Å². The molecule has 0 unspecified atom stereocenters. The first-order chi connectivity index (χ1) is 26.5. The van der Waals surface area contributed by atoms with E-state index < -0.39 is 40.9 Å². The summed E-state index contributed by atoms with van der Waals surface area (Å²) in [6, 6.07) is 34.4. The van der Waals surface area contributed by atoms with Crippen molar-refractivity contribution < 1.29 is 33.0 Å². The summed E-state index contributed by atoms with van der Waals surface area (Å²) >= 11 is 0. The van der Waals surface area contributed by atoms with Crippen LogP contribution in [0.15, 0.2) is 121 Å². The van der Waals surface area contributed by atoms with Gasteiger partial charge in [-0.15, -0.1) is 0 Å². The van der Waals surface area contributed by atoms with Crippen LogP contribution in [0.1, 0.15) is 75.9 Å². The summed E-state index contributed by atoms with van der Waals surface area (Å²) in [5, 5.41) is 13.4. The van der Waals surface area contributed by atoms with Gasteiger partial charge in [-0.2, -0.15) is 0 Å². The molecule has 4 aromatic carbocycles. The molecule has 9 heteroatoms. The lowest BCUT2D eigenvalue weighted by Crippen LogP contribution is -2.67. The highest BCUT2D eigenvalue weighted by molar-refractivity contribution is 6.99. The molecule has 1 heterocycles. The van der Waals surface area contributed by atoms with Crippen molar-refractivity contribution in [1.29, 1.82) is 0 Å². The van der Waals surface area contributed by atoms with Crippen molar-refractivity contribution in [2.24, 2.45) is 0 Å². The normalized spacial score (nSPS) is 19.5. The van der Waals surface area contributed by atoms with Gasteiger partial charge in [0.2, 0.25) is 0 Å². The van der Waals surface area contributed by atoms with E-state index in [1.54, 1.807) is 13.2 Å². The number of carbonyl (C=O) groups is 1. The Balaban J connectivity index is 1.56. The predicted molar refractivity (Wildman–Crippen MR) is 232 cm³/mol. The van der Waals surface area contributed by atoms with Gasteiger partial charge in [0.1, 0.15) is 23.2 Å². The lowest BCUT2D eigenvalue weighted by Gasteiger charge is -2.44. The van der Waals surface area contributed by atoms with E-state index in [1.165, 1.54) is 0 Å². The van der Waals surface area contributed by atoms with E-state index in [2.05, 4.69) is 103 Å². The lowest BCUT2D eigenvalue weighted by atomic mass is 10.0. The Morgan fingerprint density at radius 1 is 0.768 bits per heavy atom. The van der Waals surface area contributed by atoms with Crippen molar-refractivity contribution in [3.8, 4) is 11.5 Å². The Hall–Kier alpha value is -4.26. The third-order valence-electron chi connectivity index (χ3n) is 10.9. The van der Waals surface area contributed by atoms with E-state index in [0.29, 0.717) is 36.5 Å². The van der Waals surface area contributed by atoms with Crippen LogP contribution in [0, 0.1) is 0 Å². The van der Waals surface area contributed by atoms with E-state index in [4.69, 9.17) is 23.1 Å². The summed E-state index contributed by atoms with van der Waals surface area (Å²) < 4.78 is 31.9. The molecule has 0 saturated carbocycles. The predicted octanol–water partition coefficient (Wildman–Crippen LogP) is 9.49. The molecule has 0 spiro atoms. The zero-order valence-electron chi connectivity index (χ0n) is 34.6. The molecule has 1 aliphatic heterocycles. The number of aliphatic hydroxyl groups excluding tert-OH is 1. The van der Waals surface area contributed by atoms with Gasteiger partial charge in [0.25, 0.3) is 16.6 Å². The smallest absolute Gasteiger partial charge is 0.342 e. The van der Waals surface area contributed by atoms with Crippen molar-refractivity contribution in [3.63, 3.8) is 0 Å². The molecule has 0 saturated heterocycles. The summed E-state index contributed by atoms with van der Waals surface area (Å²) in [6.45, 7) is 18.3. The summed E-state index contributed by atoms with van der Waals surface area (Å²) in [6.07, 6.45) is 6.12. The highest BCUT2D eigenvalue weighted by Gasteiger charge is 2.51.